The van der Waals surface area contributed by atoms with Crippen molar-refractivity contribution in [3.63, 3.8) is 0 Å². The maximum absolute atomic E-state index is 12.5. The number of ketones is 1. The largest absolute Gasteiger partial charge is 0.493 e. The molecule has 2 heteroatoms. The number of carbonyl (C=O) groups is 1. The van der Waals surface area contributed by atoms with Crippen LogP contribution in [0.15, 0.2) is 12.1 Å². The highest BCUT2D eigenvalue weighted by molar-refractivity contribution is 5.87. The molecule has 2 saturated carbocycles. The molecule has 0 unspecified atom stereocenters. The molecule has 0 aromatic heterocycles. The van der Waals surface area contributed by atoms with Crippen LogP contribution in [0, 0.1) is 17.3 Å². The first-order valence-corrected chi connectivity index (χ1v) is 10.2. The van der Waals surface area contributed by atoms with E-state index in [0.29, 0.717) is 23.5 Å². The van der Waals surface area contributed by atoms with Crippen LogP contribution < -0.4 is 4.74 Å². The van der Waals surface area contributed by atoms with Crippen LogP contribution in [0.5, 0.6) is 5.75 Å². The minimum absolute atomic E-state index is 0.0186. The second-order valence-electron chi connectivity index (χ2n) is 9.86. The fourth-order valence-electron chi connectivity index (χ4n) is 6.57. The van der Waals surface area contributed by atoms with Crippen molar-refractivity contribution in [1.82, 2.24) is 0 Å². The lowest BCUT2D eigenvalue weighted by Gasteiger charge is -2.48. The number of hydrogen-bond donors (Lipinski definition) is 0. The highest BCUT2D eigenvalue weighted by atomic mass is 16.5. The summed E-state index contributed by atoms with van der Waals surface area (Å²) >= 11 is 0. The monoisotopic (exact) mass is 338 g/mol. The van der Waals surface area contributed by atoms with Crippen molar-refractivity contribution in [2.45, 2.75) is 77.0 Å². The molecule has 1 aliphatic heterocycles. The molecule has 0 amide bonds. The molecule has 1 aromatic rings. The van der Waals surface area contributed by atoms with Gasteiger partial charge >= 0.3 is 0 Å². The molecule has 1 aromatic carbocycles. The van der Waals surface area contributed by atoms with E-state index in [4.69, 9.17) is 4.74 Å². The molecule has 4 atom stereocenters. The zero-order valence-electron chi connectivity index (χ0n) is 15.9. The Morgan fingerprint density at radius 2 is 1.88 bits per heavy atom. The second-order valence-corrected chi connectivity index (χ2v) is 9.86. The summed E-state index contributed by atoms with van der Waals surface area (Å²) in [6.07, 6.45) is 7.75. The van der Waals surface area contributed by atoms with Crippen LogP contribution in [0.4, 0.5) is 0 Å². The van der Waals surface area contributed by atoms with Crippen LogP contribution in [0.25, 0.3) is 0 Å². The van der Waals surface area contributed by atoms with Crippen LogP contribution in [-0.2, 0) is 16.6 Å². The zero-order chi connectivity index (χ0) is 17.4. The average molecular weight is 338 g/mol. The Bertz CT molecular complexity index is 747. The number of fused-ring (bicyclic) bond motifs is 6. The van der Waals surface area contributed by atoms with Gasteiger partial charge in [-0.1, -0.05) is 26.8 Å². The van der Waals surface area contributed by atoms with Crippen LogP contribution in [0.1, 0.15) is 81.9 Å². The first-order valence-electron chi connectivity index (χ1n) is 10.2. The number of hydrogen-bond acceptors (Lipinski definition) is 2. The summed E-state index contributed by atoms with van der Waals surface area (Å²) in [6.45, 7) is 7.82. The quantitative estimate of drug-likeness (QED) is 0.652. The summed E-state index contributed by atoms with van der Waals surface area (Å²) in [5.41, 5.74) is 4.71. The molecular weight excluding hydrogens is 308 g/mol. The first-order chi connectivity index (χ1) is 11.9. The lowest BCUT2D eigenvalue weighted by atomic mass is 9.55. The molecule has 0 spiro atoms. The number of rotatable bonds is 0. The molecule has 5 rings (SSSR count). The minimum Gasteiger partial charge on any atom is -0.493 e. The predicted molar refractivity (Wildman–Crippen MR) is 99.2 cm³/mol. The highest BCUT2D eigenvalue weighted by Crippen LogP contribution is 2.60. The Morgan fingerprint density at radius 3 is 2.72 bits per heavy atom. The Labute approximate surface area is 151 Å². The van der Waals surface area contributed by atoms with Crippen LogP contribution in [0.3, 0.4) is 0 Å². The highest BCUT2D eigenvalue weighted by Gasteiger charge is 2.54. The van der Waals surface area contributed by atoms with Gasteiger partial charge in [-0.2, -0.15) is 0 Å². The average Bonchev–Trinajstić information content (AvgIpc) is 2.88. The second kappa shape index (κ2) is 5.11. The van der Waals surface area contributed by atoms with Gasteiger partial charge in [0.05, 0.1) is 6.61 Å². The Morgan fingerprint density at radius 1 is 1.04 bits per heavy atom. The SMILES string of the molecule is CC1(C)CCOc2cc3c(cc21)[C@H]1CC[C@]2(C)C(=O)CC[C@H]2[C@@H]1CC3. The van der Waals surface area contributed by atoms with Gasteiger partial charge in [-0.3, -0.25) is 4.79 Å². The normalized spacial score (nSPS) is 38.2. The fraction of sp³-hybridized carbons (Fsp3) is 0.696. The number of aryl methyl sites for hydroxylation is 1. The Balaban J connectivity index is 1.57. The molecule has 2 nitrogen and oxygen atoms in total. The van der Waals surface area contributed by atoms with Crippen LogP contribution >= 0.6 is 0 Å². The topological polar surface area (TPSA) is 26.3 Å². The van der Waals surface area contributed by atoms with Crippen molar-refractivity contribution in [1.29, 1.82) is 0 Å². The zero-order valence-corrected chi connectivity index (χ0v) is 15.9. The molecule has 1 heterocycles. The molecule has 0 radical (unpaired) electrons. The van der Waals surface area contributed by atoms with Crippen molar-refractivity contribution < 1.29 is 9.53 Å². The van der Waals surface area contributed by atoms with Gasteiger partial charge in [-0.05, 0) is 78.9 Å². The van der Waals surface area contributed by atoms with Gasteiger partial charge in [0.15, 0.2) is 0 Å². The van der Waals surface area contributed by atoms with Gasteiger partial charge in [0.25, 0.3) is 0 Å². The minimum atomic E-state index is -0.0186. The number of carbonyl (C=O) groups excluding carboxylic acids is 1. The van der Waals surface area contributed by atoms with Crippen molar-refractivity contribution >= 4 is 5.78 Å². The number of Topliss-reactive ketones (excluding diaryl/α,β-unsaturated/α-hetero) is 1. The van der Waals surface area contributed by atoms with Gasteiger partial charge in [0.1, 0.15) is 11.5 Å². The smallest absolute Gasteiger partial charge is 0.139 e. The van der Waals surface area contributed by atoms with Gasteiger partial charge in [0, 0.05) is 17.4 Å². The van der Waals surface area contributed by atoms with E-state index in [2.05, 4.69) is 32.9 Å². The van der Waals surface area contributed by atoms with E-state index in [-0.39, 0.29) is 10.8 Å². The summed E-state index contributed by atoms with van der Waals surface area (Å²) in [5.74, 6) is 3.66. The Hall–Kier alpha value is -1.31. The van der Waals surface area contributed by atoms with Gasteiger partial charge < -0.3 is 4.74 Å². The van der Waals surface area contributed by atoms with Crippen LogP contribution in [-0.4, -0.2) is 12.4 Å². The lowest BCUT2D eigenvalue weighted by molar-refractivity contribution is -0.129. The van der Waals surface area contributed by atoms with Crippen molar-refractivity contribution in [2.75, 3.05) is 6.61 Å². The van der Waals surface area contributed by atoms with Crippen molar-refractivity contribution in [2.24, 2.45) is 17.3 Å². The van der Waals surface area contributed by atoms with Crippen molar-refractivity contribution in [3.8, 4) is 5.75 Å². The molecule has 4 aliphatic rings. The molecular formula is C23H30O2. The maximum atomic E-state index is 12.5. The molecule has 25 heavy (non-hydrogen) atoms. The first kappa shape index (κ1) is 15.9. The molecule has 0 bridgehead atoms. The van der Waals surface area contributed by atoms with E-state index >= 15 is 0 Å². The van der Waals surface area contributed by atoms with Crippen molar-refractivity contribution in [3.05, 3.63) is 28.8 Å². The maximum Gasteiger partial charge on any atom is 0.139 e. The Kier molecular flexibility index (Phi) is 3.25. The molecule has 134 valence electrons. The molecule has 2 fully saturated rings. The third kappa shape index (κ3) is 2.12. The summed E-state index contributed by atoms with van der Waals surface area (Å²) in [4.78, 5) is 12.5. The third-order valence-electron chi connectivity index (χ3n) is 8.25. The van der Waals surface area contributed by atoms with Gasteiger partial charge in [0.2, 0.25) is 0 Å². The van der Waals surface area contributed by atoms with E-state index in [1.54, 1.807) is 5.56 Å². The summed E-state index contributed by atoms with van der Waals surface area (Å²) in [6, 6.07) is 4.86. The summed E-state index contributed by atoms with van der Waals surface area (Å²) in [7, 11) is 0. The third-order valence-corrected chi connectivity index (χ3v) is 8.25. The number of benzene rings is 1. The lowest BCUT2D eigenvalue weighted by Crippen LogP contribution is -2.42. The van der Waals surface area contributed by atoms with Crippen LogP contribution in [0.2, 0.25) is 0 Å². The standard InChI is InChI=1S/C23H30O2/c1-22(2)10-11-25-20-12-14-4-5-16-15(17(14)13-19(20)22)8-9-23(3)18(16)6-7-21(23)24/h12-13,15-16,18H,4-11H2,1-3H3/t15-,16+,18-,23-/m0/s1. The van der Waals surface area contributed by atoms with E-state index in [1.165, 1.54) is 24.0 Å². The fourth-order valence-corrected chi connectivity index (χ4v) is 6.57. The predicted octanol–water partition coefficient (Wildman–Crippen LogP) is 5.17. The van der Waals surface area contributed by atoms with Gasteiger partial charge in [-0.15, -0.1) is 0 Å². The van der Waals surface area contributed by atoms with E-state index in [1.807, 2.05) is 0 Å². The summed E-state index contributed by atoms with van der Waals surface area (Å²) < 4.78 is 6.02. The molecule has 3 aliphatic carbocycles. The summed E-state index contributed by atoms with van der Waals surface area (Å²) in [5, 5.41) is 0. The number of ether oxygens (including phenoxy) is 1. The van der Waals surface area contributed by atoms with E-state index in [9.17, 15) is 4.79 Å². The molecule has 0 saturated heterocycles. The van der Waals surface area contributed by atoms with E-state index < -0.39 is 0 Å². The van der Waals surface area contributed by atoms with Gasteiger partial charge in [-0.25, -0.2) is 0 Å². The molecule has 0 N–H and O–H groups in total. The van der Waals surface area contributed by atoms with E-state index in [0.717, 1.165) is 44.5 Å².